The van der Waals surface area contributed by atoms with Crippen molar-refractivity contribution in [2.75, 3.05) is 0 Å². The first-order chi connectivity index (χ1) is 10.0. The Balaban J connectivity index is 2.61. The van der Waals surface area contributed by atoms with E-state index in [9.17, 15) is 0 Å². The second-order valence-corrected chi connectivity index (χ2v) is 4.49. The molecule has 6 heteroatoms. The second-order valence-electron chi connectivity index (χ2n) is 4.49. The minimum atomic E-state index is 0.407. The second kappa shape index (κ2) is 8.63. The lowest BCUT2D eigenvalue weighted by Gasteiger charge is -2.01. The maximum absolute atomic E-state index is 8.62. The van der Waals surface area contributed by atoms with Crippen LogP contribution in [0.15, 0.2) is 50.8 Å². The Kier molecular flexibility index (Phi) is 6.80. The van der Waals surface area contributed by atoms with E-state index in [1.807, 2.05) is 30.3 Å². The smallest absolute Gasteiger partial charge is 0.142 e. The van der Waals surface area contributed by atoms with Gasteiger partial charge in [0.2, 0.25) is 0 Å². The van der Waals surface area contributed by atoms with Crippen LogP contribution in [0.2, 0.25) is 0 Å². The van der Waals surface area contributed by atoms with Crippen LogP contribution in [0.3, 0.4) is 0 Å². The van der Waals surface area contributed by atoms with E-state index in [4.69, 9.17) is 10.0 Å². The Morgan fingerprint density at radius 3 is 2.05 bits per heavy atom. The van der Waals surface area contributed by atoms with Crippen LogP contribution in [0.5, 0.6) is 0 Å². The molecule has 0 heterocycles. The van der Waals surface area contributed by atoms with Gasteiger partial charge in [-0.25, -0.2) is 0 Å². The fourth-order valence-corrected chi connectivity index (χ4v) is 1.21. The molecule has 112 valence electrons. The molecule has 1 rings (SSSR count). The monoisotopic (exact) mass is 288 g/mol. The normalized spacial score (nSPS) is 14.3. The molecule has 0 fully saturated rings. The first-order valence-electron chi connectivity index (χ1n) is 6.53. The molecule has 0 amide bonds. The number of benzene rings is 1. The summed E-state index contributed by atoms with van der Waals surface area (Å²) in [6.07, 6.45) is 0. The minimum absolute atomic E-state index is 0.407. The van der Waals surface area contributed by atoms with Crippen molar-refractivity contribution in [3.05, 3.63) is 35.9 Å². The van der Waals surface area contributed by atoms with Crippen molar-refractivity contribution in [3.63, 3.8) is 0 Å². The fourth-order valence-electron chi connectivity index (χ4n) is 1.21. The zero-order chi connectivity index (χ0) is 15.7. The SMILES string of the molecule is CC(=N/O)/C(C)=N/N=C(C)/C(C)=N/OCc1ccccc1. The number of hydrogen-bond donors (Lipinski definition) is 1. The molecule has 0 saturated carbocycles. The lowest BCUT2D eigenvalue weighted by Crippen LogP contribution is -2.08. The quantitative estimate of drug-likeness (QED) is 0.495. The van der Waals surface area contributed by atoms with Gasteiger partial charge >= 0.3 is 0 Å². The van der Waals surface area contributed by atoms with E-state index >= 15 is 0 Å². The molecule has 1 N–H and O–H groups in total. The molecule has 0 atom stereocenters. The Bertz CT molecular complexity index is 575. The van der Waals surface area contributed by atoms with Gasteiger partial charge in [-0.15, -0.1) is 0 Å². The standard InChI is InChI=1S/C15H20N4O2/c1-11(13(3)18-20)16-17-12(2)14(4)19-21-10-15-8-6-5-7-9-15/h5-9,20H,10H2,1-4H3/b16-11+,17-12+,18-13-,19-14+. The molecule has 0 aromatic heterocycles. The molecule has 0 aliphatic carbocycles. The van der Waals surface area contributed by atoms with Gasteiger partial charge in [-0.05, 0) is 33.3 Å². The van der Waals surface area contributed by atoms with E-state index in [-0.39, 0.29) is 0 Å². The predicted molar refractivity (Wildman–Crippen MR) is 85.5 cm³/mol. The van der Waals surface area contributed by atoms with Crippen molar-refractivity contribution in [1.82, 2.24) is 0 Å². The van der Waals surface area contributed by atoms with Crippen LogP contribution in [-0.2, 0) is 11.4 Å². The molecule has 0 aliphatic heterocycles. The third kappa shape index (κ3) is 5.99. The summed E-state index contributed by atoms with van der Waals surface area (Å²) in [7, 11) is 0. The lowest BCUT2D eigenvalue weighted by atomic mass is 10.2. The minimum Gasteiger partial charge on any atom is -0.411 e. The van der Waals surface area contributed by atoms with Crippen molar-refractivity contribution in [1.29, 1.82) is 0 Å². The summed E-state index contributed by atoms with van der Waals surface area (Å²) in [6, 6.07) is 9.79. The molecule has 0 spiro atoms. The highest BCUT2D eigenvalue weighted by molar-refractivity contribution is 6.42. The van der Waals surface area contributed by atoms with E-state index in [1.54, 1.807) is 27.7 Å². The zero-order valence-electron chi connectivity index (χ0n) is 12.7. The van der Waals surface area contributed by atoms with Gasteiger partial charge in [-0.1, -0.05) is 40.6 Å². The first kappa shape index (κ1) is 16.6. The van der Waals surface area contributed by atoms with Crippen LogP contribution < -0.4 is 0 Å². The van der Waals surface area contributed by atoms with Crippen LogP contribution >= 0.6 is 0 Å². The number of nitrogens with zero attached hydrogens (tertiary/aromatic N) is 4. The van der Waals surface area contributed by atoms with Crippen molar-refractivity contribution >= 4 is 22.8 Å². The maximum Gasteiger partial charge on any atom is 0.142 e. The number of rotatable bonds is 6. The largest absolute Gasteiger partial charge is 0.411 e. The van der Waals surface area contributed by atoms with Gasteiger partial charge < -0.3 is 10.0 Å². The fraction of sp³-hybridized carbons (Fsp3) is 0.333. The molecule has 0 radical (unpaired) electrons. The molecular weight excluding hydrogens is 268 g/mol. The Hall–Kier alpha value is -2.50. The van der Waals surface area contributed by atoms with E-state index < -0.39 is 0 Å². The molecular formula is C15H20N4O2. The molecule has 0 aliphatic rings. The third-order valence-corrected chi connectivity index (χ3v) is 2.82. The van der Waals surface area contributed by atoms with E-state index in [0.29, 0.717) is 29.5 Å². The molecule has 21 heavy (non-hydrogen) atoms. The summed E-state index contributed by atoms with van der Waals surface area (Å²) in [4.78, 5) is 5.27. The number of hydrogen-bond acceptors (Lipinski definition) is 6. The molecule has 0 unspecified atom stereocenters. The summed E-state index contributed by atoms with van der Waals surface area (Å²) in [5, 5.41) is 23.7. The average Bonchev–Trinajstić information content (AvgIpc) is 2.52. The highest BCUT2D eigenvalue weighted by Gasteiger charge is 2.00. The van der Waals surface area contributed by atoms with Crippen molar-refractivity contribution in [3.8, 4) is 0 Å². The van der Waals surface area contributed by atoms with E-state index in [2.05, 4.69) is 20.5 Å². The van der Waals surface area contributed by atoms with Gasteiger partial charge in [0.25, 0.3) is 0 Å². The Morgan fingerprint density at radius 2 is 1.48 bits per heavy atom. The molecule has 0 bridgehead atoms. The predicted octanol–water partition coefficient (Wildman–Crippen LogP) is 3.27. The van der Waals surface area contributed by atoms with Crippen LogP contribution in [0.1, 0.15) is 33.3 Å². The summed E-state index contributed by atoms with van der Waals surface area (Å²) in [5.74, 6) is 0. The Labute approximate surface area is 124 Å². The van der Waals surface area contributed by atoms with Gasteiger partial charge in [-0.3, -0.25) is 0 Å². The topological polar surface area (TPSA) is 78.9 Å². The molecule has 0 saturated heterocycles. The van der Waals surface area contributed by atoms with Crippen LogP contribution in [-0.4, -0.2) is 28.1 Å². The van der Waals surface area contributed by atoms with Gasteiger partial charge in [0.15, 0.2) is 0 Å². The summed E-state index contributed by atoms with van der Waals surface area (Å²) >= 11 is 0. The first-order valence-corrected chi connectivity index (χ1v) is 6.53. The van der Waals surface area contributed by atoms with Gasteiger partial charge in [0.1, 0.15) is 6.61 Å². The van der Waals surface area contributed by atoms with Gasteiger partial charge in [-0.2, -0.15) is 10.2 Å². The number of oxime groups is 2. The third-order valence-electron chi connectivity index (χ3n) is 2.82. The van der Waals surface area contributed by atoms with E-state index in [1.165, 1.54) is 0 Å². The summed E-state index contributed by atoms with van der Waals surface area (Å²) < 4.78 is 0. The van der Waals surface area contributed by atoms with Crippen molar-refractivity contribution in [2.45, 2.75) is 34.3 Å². The van der Waals surface area contributed by atoms with Gasteiger partial charge in [0, 0.05) is 0 Å². The average molecular weight is 288 g/mol. The highest BCUT2D eigenvalue weighted by Crippen LogP contribution is 2.01. The maximum atomic E-state index is 8.62. The van der Waals surface area contributed by atoms with E-state index in [0.717, 1.165) is 5.56 Å². The van der Waals surface area contributed by atoms with Crippen LogP contribution in [0, 0.1) is 0 Å². The van der Waals surface area contributed by atoms with Crippen molar-refractivity contribution < 1.29 is 10.0 Å². The summed E-state index contributed by atoms with van der Waals surface area (Å²) in [5.41, 5.74) is 3.28. The lowest BCUT2D eigenvalue weighted by molar-refractivity contribution is 0.131. The highest BCUT2D eigenvalue weighted by atomic mass is 16.6. The van der Waals surface area contributed by atoms with Crippen molar-refractivity contribution in [2.24, 2.45) is 20.5 Å². The zero-order valence-corrected chi connectivity index (χ0v) is 12.7. The molecule has 1 aromatic rings. The van der Waals surface area contributed by atoms with Crippen LogP contribution in [0.4, 0.5) is 0 Å². The van der Waals surface area contributed by atoms with Crippen LogP contribution in [0.25, 0.3) is 0 Å². The molecule has 1 aromatic carbocycles. The Morgan fingerprint density at radius 1 is 0.905 bits per heavy atom. The van der Waals surface area contributed by atoms with Gasteiger partial charge in [0.05, 0.1) is 22.8 Å². The molecule has 6 nitrogen and oxygen atoms in total. The summed E-state index contributed by atoms with van der Waals surface area (Å²) in [6.45, 7) is 7.34.